The minimum Gasteiger partial charge on any atom is -0.508 e. The third-order valence-corrected chi connectivity index (χ3v) is 11.8. The summed E-state index contributed by atoms with van der Waals surface area (Å²) in [5.74, 6) is 0.309. The van der Waals surface area contributed by atoms with Gasteiger partial charge in [0.05, 0.1) is 6.61 Å². The lowest BCUT2D eigenvalue weighted by atomic mass is 9.88. The Bertz CT molecular complexity index is 1950. The molecule has 4 aliphatic rings. The van der Waals surface area contributed by atoms with Gasteiger partial charge in [0.15, 0.2) is 0 Å². The first-order valence-corrected chi connectivity index (χ1v) is 20.9. The van der Waals surface area contributed by atoms with E-state index in [4.69, 9.17) is 4.74 Å². The maximum Gasteiger partial charge on any atom is 0.249 e. The number of ether oxygens (including phenoxy) is 1. The predicted molar refractivity (Wildman–Crippen MR) is 224 cm³/mol. The number of carbonyl (C=O) groups excluding carboxylic acids is 3. The number of piperidine rings is 1. The molecule has 7 rings (SSSR count). The van der Waals surface area contributed by atoms with Crippen LogP contribution in [0.5, 0.6) is 11.5 Å². The highest BCUT2D eigenvalue weighted by Crippen LogP contribution is 2.36. The van der Waals surface area contributed by atoms with Gasteiger partial charge in [0.25, 0.3) is 0 Å². The number of unbranched alkanes of at least 4 members (excludes halogenated alkanes) is 2. The first-order valence-electron chi connectivity index (χ1n) is 20.9. The van der Waals surface area contributed by atoms with Crippen molar-refractivity contribution in [2.45, 2.75) is 83.3 Å². The standard InChI is InChI=1S/C47H57N5O5/c1-2-41(34-11-5-3-6-12-34)45(35-15-19-39(53)20-16-35)36-17-21-40(22-18-36)57-32-10-4-9-26-50-28-30-51(31-29-50)46-37-13-7-8-14-38(48-46)33-44(55)52(27-25-37)42-23-24-43(54)49-47(42)56/h3,5-6,11-12,15-22,25,33,42,46,48,53H,2,4,7-10,13-14,23-24,26-32H2,1H3,(H,49,54,56)/b37-25?,38-33-,45-41-. The van der Waals surface area contributed by atoms with Crippen molar-refractivity contribution < 1.29 is 24.2 Å². The normalized spacial score (nSPS) is 22.4. The second kappa shape index (κ2) is 19.3. The van der Waals surface area contributed by atoms with E-state index in [-0.39, 0.29) is 36.1 Å². The fourth-order valence-corrected chi connectivity index (χ4v) is 8.65. The summed E-state index contributed by atoms with van der Waals surface area (Å²) in [6.07, 6.45) is 12.4. The van der Waals surface area contributed by atoms with Gasteiger partial charge in [-0.1, -0.05) is 67.6 Å². The summed E-state index contributed by atoms with van der Waals surface area (Å²) >= 11 is 0. The number of amides is 3. The number of phenolic OH excluding ortho intramolecular Hbond substituents is 1. The van der Waals surface area contributed by atoms with Gasteiger partial charge in [0.1, 0.15) is 23.7 Å². The van der Waals surface area contributed by atoms with E-state index in [1.807, 2.05) is 18.2 Å². The molecule has 0 saturated carbocycles. The largest absolute Gasteiger partial charge is 0.508 e. The van der Waals surface area contributed by atoms with Crippen LogP contribution in [-0.4, -0.2) is 95.6 Å². The monoisotopic (exact) mass is 771 g/mol. The van der Waals surface area contributed by atoms with Crippen LogP contribution in [0, 0.1) is 0 Å². The smallest absolute Gasteiger partial charge is 0.249 e. The van der Waals surface area contributed by atoms with Crippen LogP contribution in [0.3, 0.4) is 0 Å². The van der Waals surface area contributed by atoms with Crippen LogP contribution in [-0.2, 0) is 14.4 Å². The topological polar surface area (TPSA) is 114 Å². The maximum absolute atomic E-state index is 13.5. The van der Waals surface area contributed by atoms with Crippen LogP contribution in [0.1, 0.15) is 87.8 Å². The minimum absolute atomic E-state index is 0.0346. The Morgan fingerprint density at radius 1 is 0.807 bits per heavy atom. The molecule has 3 saturated heterocycles. The number of aromatic hydroxyl groups is 1. The van der Waals surface area contributed by atoms with Gasteiger partial charge >= 0.3 is 0 Å². The van der Waals surface area contributed by atoms with E-state index >= 15 is 0 Å². The number of fused-ring (bicyclic) bond motifs is 3. The van der Waals surface area contributed by atoms with Crippen LogP contribution in [0.25, 0.3) is 11.1 Å². The number of carbonyl (C=O) groups is 3. The average Bonchev–Trinajstić information content (AvgIpc) is 3.25. The van der Waals surface area contributed by atoms with Crippen LogP contribution in [0.4, 0.5) is 0 Å². The molecule has 300 valence electrons. The molecule has 0 aromatic heterocycles. The Morgan fingerprint density at radius 2 is 1.53 bits per heavy atom. The maximum atomic E-state index is 13.5. The Balaban J connectivity index is 0.881. The summed E-state index contributed by atoms with van der Waals surface area (Å²) in [5.41, 5.74) is 8.02. The lowest BCUT2D eigenvalue weighted by Crippen LogP contribution is -2.55. The van der Waals surface area contributed by atoms with Gasteiger partial charge in [0, 0.05) is 50.9 Å². The Morgan fingerprint density at radius 3 is 2.25 bits per heavy atom. The van der Waals surface area contributed by atoms with Gasteiger partial charge in [-0.15, -0.1) is 0 Å². The van der Waals surface area contributed by atoms with Crippen molar-refractivity contribution in [3.8, 4) is 11.5 Å². The molecule has 0 radical (unpaired) electrons. The third-order valence-electron chi connectivity index (χ3n) is 11.8. The molecule has 3 amide bonds. The molecule has 4 heterocycles. The summed E-state index contributed by atoms with van der Waals surface area (Å²) < 4.78 is 6.19. The number of benzene rings is 3. The van der Waals surface area contributed by atoms with Gasteiger partial charge in [-0.05, 0) is 122 Å². The summed E-state index contributed by atoms with van der Waals surface area (Å²) in [7, 11) is 0. The second-order valence-electron chi connectivity index (χ2n) is 15.6. The molecule has 10 heteroatoms. The van der Waals surface area contributed by atoms with Crippen molar-refractivity contribution >= 4 is 28.9 Å². The fraction of sp³-hybridized carbons (Fsp3) is 0.426. The van der Waals surface area contributed by atoms with Crippen LogP contribution in [0.15, 0.2) is 102 Å². The summed E-state index contributed by atoms with van der Waals surface area (Å²) in [6, 6.07) is 25.7. The molecular weight excluding hydrogens is 715 g/mol. The number of hydrogen-bond acceptors (Lipinski definition) is 8. The highest BCUT2D eigenvalue weighted by molar-refractivity contribution is 6.03. The first kappa shape index (κ1) is 40.0. The van der Waals surface area contributed by atoms with Gasteiger partial charge in [-0.2, -0.15) is 0 Å². The van der Waals surface area contributed by atoms with Gasteiger partial charge in [0.2, 0.25) is 17.7 Å². The number of piperazine rings is 1. The zero-order valence-electron chi connectivity index (χ0n) is 33.3. The number of hydrogen-bond donors (Lipinski definition) is 3. The van der Waals surface area contributed by atoms with E-state index in [1.165, 1.54) is 16.7 Å². The predicted octanol–water partition coefficient (Wildman–Crippen LogP) is 6.88. The van der Waals surface area contributed by atoms with E-state index in [9.17, 15) is 19.5 Å². The van der Waals surface area contributed by atoms with Crippen LogP contribution >= 0.6 is 0 Å². The number of allylic oxidation sites excluding steroid dienone is 2. The molecule has 2 atom stereocenters. The molecule has 0 aliphatic carbocycles. The molecular formula is C47H57N5O5. The molecule has 3 aromatic carbocycles. The Kier molecular flexibility index (Phi) is 13.6. The van der Waals surface area contributed by atoms with E-state index < -0.39 is 6.04 Å². The Labute approximate surface area is 337 Å². The lowest BCUT2D eigenvalue weighted by molar-refractivity contribution is -0.143. The Hall–Kier alpha value is -5.19. The highest BCUT2D eigenvalue weighted by Gasteiger charge is 2.35. The van der Waals surface area contributed by atoms with Crippen molar-refractivity contribution in [3.63, 3.8) is 0 Å². The quantitative estimate of drug-likeness (QED) is 0.0747. The highest BCUT2D eigenvalue weighted by atomic mass is 16.5. The number of phenols is 1. The molecule has 3 fully saturated rings. The number of rotatable bonds is 13. The van der Waals surface area contributed by atoms with Crippen molar-refractivity contribution in [1.82, 2.24) is 25.3 Å². The van der Waals surface area contributed by atoms with Crippen molar-refractivity contribution in [2.75, 3.05) is 45.9 Å². The summed E-state index contributed by atoms with van der Waals surface area (Å²) in [5, 5.41) is 16.1. The van der Waals surface area contributed by atoms with Gasteiger partial charge in [-0.3, -0.25) is 24.6 Å². The van der Waals surface area contributed by atoms with E-state index in [1.54, 1.807) is 23.1 Å². The molecule has 4 aliphatic heterocycles. The van der Waals surface area contributed by atoms with Crippen molar-refractivity contribution in [2.24, 2.45) is 0 Å². The molecule has 3 N–H and O–H groups in total. The minimum atomic E-state index is -0.627. The zero-order chi connectivity index (χ0) is 39.6. The molecule has 2 bridgehead atoms. The van der Waals surface area contributed by atoms with Crippen molar-refractivity contribution in [3.05, 3.63) is 119 Å². The molecule has 2 unspecified atom stereocenters. The van der Waals surface area contributed by atoms with Gasteiger partial charge < -0.3 is 25.0 Å². The van der Waals surface area contributed by atoms with E-state index in [2.05, 4.69) is 82.0 Å². The molecule has 0 spiro atoms. The van der Waals surface area contributed by atoms with Crippen LogP contribution < -0.4 is 15.4 Å². The summed E-state index contributed by atoms with van der Waals surface area (Å²) in [4.78, 5) is 44.7. The van der Waals surface area contributed by atoms with Crippen LogP contribution in [0.2, 0.25) is 0 Å². The van der Waals surface area contributed by atoms with Crippen molar-refractivity contribution in [1.29, 1.82) is 0 Å². The molecule has 3 aromatic rings. The number of imide groups is 1. The first-order chi connectivity index (χ1) is 27.9. The third kappa shape index (κ3) is 10.2. The van der Waals surface area contributed by atoms with E-state index in [0.29, 0.717) is 19.6 Å². The second-order valence-corrected chi connectivity index (χ2v) is 15.6. The molecule has 57 heavy (non-hydrogen) atoms. The SMILES string of the molecule is CC/C(=C(\c1ccc(O)cc1)c1ccc(OCCCCCN2CCN(C3N/C4=C\C(=O)N(C5CCC(=O)NC5=O)CC=C3CCCC4)CC2)cc1)c1ccccc1. The fourth-order valence-electron chi connectivity index (χ4n) is 8.65. The van der Waals surface area contributed by atoms with Gasteiger partial charge in [-0.25, -0.2) is 0 Å². The number of nitrogens with one attached hydrogen (secondary N) is 2. The lowest BCUT2D eigenvalue weighted by Gasteiger charge is -2.42. The average molecular weight is 772 g/mol. The van der Waals surface area contributed by atoms with E-state index in [0.717, 1.165) is 112 Å². The zero-order valence-corrected chi connectivity index (χ0v) is 33.3. The number of nitrogens with zero attached hydrogens (tertiary/aromatic N) is 3. The molecule has 10 nitrogen and oxygen atoms in total. The summed E-state index contributed by atoms with van der Waals surface area (Å²) in [6.45, 7) is 8.19.